The fourth-order valence-corrected chi connectivity index (χ4v) is 2.00. The van der Waals surface area contributed by atoms with E-state index >= 15 is 0 Å². The van der Waals surface area contributed by atoms with E-state index in [4.69, 9.17) is 5.11 Å². The van der Waals surface area contributed by atoms with Crippen molar-refractivity contribution in [1.29, 1.82) is 0 Å². The highest BCUT2D eigenvalue weighted by molar-refractivity contribution is 6.03. The van der Waals surface area contributed by atoms with E-state index in [2.05, 4.69) is 6.58 Å². The Balaban J connectivity index is 2.36. The van der Waals surface area contributed by atoms with Crippen molar-refractivity contribution in [3.63, 3.8) is 0 Å². The summed E-state index contributed by atoms with van der Waals surface area (Å²) in [6.45, 7) is 6.34. The van der Waals surface area contributed by atoms with Gasteiger partial charge in [0.05, 0.1) is 12.0 Å². The Morgan fingerprint density at radius 2 is 2.22 bits per heavy atom. The van der Waals surface area contributed by atoms with Gasteiger partial charge in [-0.25, -0.2) is 4.79 Å². The number of benzene rings is 1. The predicted octanol–water partition coefficient (Wildman–Crippen LogP) is 2.24. The number of hydrogen-bond acceptors (Lipinski definition) is 2. The topological polar surface area (TPSA) is 57.6 Å². The van der Waals surface area contributed by atoms with Gasteiger partial charge in [-0.05, 0) is 24.1 Å². The molecule has 18 heavy (non-hydrogen) atoms. The molecular formula is C14H15NO3. The first kappa shape index (κ1) is 12.4. The maximum absolute atomic E-state index is 11.9. The lowest BCUT2D eigenvalue weighted by Gasteiger charge is -2.18. The second-order valence-electron chi connectivity index (χ2n) is 4.41. The maximum Gasteiger partial charge on any atom is 0.335 e. The second-order valence-corrected chi connectivity index (χ2v) is 4.41. The highest BCUT2D eigenvalue weighted by Gasteiger charge is 2.28. The molecule has 1 amide bonds. The van der Waals surface area contributed by atoms with Crippen LogP contribution in [0.4, 0.5) is 5.69 Å². The SMILES string of the molecule is C=C(CC)CN1C(=O)Cc2ccc(C(=O)O)cc21. The number of carbonyl (C=O) groups excluding carboxylic acids is 1. The number of fused-ring (bicyclic) bond motifs is 1. The van der Waals surface area contributed by atoms with E-state index in [1.807, 2.05) is 6.92 Å². The summed E-state index contributed by atoms with van der Waals surface area (Å²) in [5, 5.41) is 8.98. The zero-order valence-corrected chi connectivity index (χ0v) is 10.3. The molecule has 1 aromatic rings. The summed E-state index contributed by atoms with van der Waals surface area (Å²) in [4.78, 5) is 24.5. The van der Waals surface area contributed by atoms with Crippen LogP contribution >= 0.6 is 0 Å². The summed E-state index contributed by atoms with van der Waals surface area (Å²) in [7, 11) is 0. The van der Waals surface area contributed by atoms with Crippen molar-refractivity contribution in [1.82, 2.24) is 0 Å². The number of anilines is 1. The lowest BCUT2D eigenvalue weighted by atomic mass is 10.1. The van der Waals surface area contributed by atoms with Crippen molar-refractivity contribution in [3.8, 4) is 0 Å². The number of nitrogens with zero attached hydrogens (tertiary/aromatic N) is 1. The molecule has 0 saturated heterocycles. The Bertz CT molecular complexity index is 534. The van der Waals surface area contributed by atoms with Crippen molar-refractivity contribution in [3.05, 3.63) is 41.5 Å². The third kappa shape index (κ3) is 2.14. The van der Waals surface area contributed by atoms with Crippen LogP contribution < -0.4 is 4.90 Å². The van der Waals surface area contributed by atoms with Crippen molar-refractivity contribution >= 4 is 17.6 Å². The fraction of sp³-hybridized carbons (Fsp3) is 0.286. The van der Waals surface area contributed by atoms with Gasteiger partial charge < -0.3 is 10.0 Å². The molecule has 0 bridgehead atoms. The van der Waals surface area contributed by atoms with E-state index in [-0.39, 0.29) is 11.5 Å². The molecule has 1 heterocycles. The molecule has 0 atom stereocenters. The molecule has 2 rings (SSSR count). The van der Waals surface area contributed by atoms with Crippen LogP contribution in [0.5, 0.6) is 0 Å². The molecule has 0 radical (unpaired) electrons. The van der Waals surface area contributed by atoms with E-state index in [0.717, 1.165) is 17.6 Å². The van der Waals surface area contributed by atoms with Gasteiger partial charge in [0.25, 0.3) is 0 Å². The molecule has 94 valence electrons. The van der Waals surface area contributed by atoms with Crippen LogP contribution in [0.15, 0.2) is 30.4 Å². The number of carboxylic acid groups (broad SMARTS) is 1. The molecule has 0 fully saturated rings. The molecule has 0 aliphatic carbocycles. The van der Waals surface area contributed by atoms with Gasteiger partial charge in [-0.2, -0.15) is 0 Å². The fourth-order valence-electron chi connectivity index (χ4n) is 2.00. The van der Waals surface area contributed by atoms with E-state index in [1.165, 1.54) is 6.07 Å². The van der Waals surface area contributed by atoms with Gasteiger partial charge in [-0.1, -0.05) is 25.1 Å². The van der Waals surface area contributed by atoms with Gasteiger partial charge >= 0.3 is 5.97 Å². The number of carbonyl (C=O) groups is 2. The molecule has 1 aromatic carbocycles. The van der Waals surface area contributed by atoms with Crippen LogP contribution in [0.1, 0.15) is 29.3 Å². The van der Waals surface area contributed by atoms with Crippen molar-refractivity contribution in [2.75, 3.05) is 11.4 Å². The quantitative estimate of drug-likeness (QED) is 0.828. The summed E-state index contributed by atoms with van der Waals surface area (Å²) in [5.74, 6) is -0.978. The average Bonchev–Trinajstić information content (AvgIpc) is 2.65. The van der Waals surface area contributed by atoms with Crippen LogP contribution in [0.25, 0.3) is 0 Å². The Labute approximate surface area is 106 Å². The Morgan fingerprint density at radius 1 is 1.50 bits per heavy atom. The van der Waals surface area contributed by atoms with Crippen LogP contribution in [-0.4, -0.2) is 23.5 Å². The molecule has 0 saturated carbocycles. The minimum atomic E-state index is -0.980. The number of hydrogen-bond donors (Lipinski definition) is 1. The van der Waals surface area contributed by atoms with Gasteiger partial charge in [-0.3, -0.25) is 4.79 Å². The molecule has 4 nitrogen and oxygen atoms in total. The summed E-state index contributed by atoms with van der Waals surface area (Å²) in [6, 6.07) is 4.81. The summed E-state index contributed by atoms with van der Waals surface area (Å²) >= 11 is 0. The first-order valence-corrected chi connectivity index (χ1v) is 5.86. The predicted molar refractivity (Wildman–Crippen MR) is 68.9 cm³/mol. The molecular weight excluding hydrogens is 230 g/mol. The number of aromatic carboxylic acids is 1. The van der Waals surface area contributed by atoms with E-state index < -0.39 is 5.97 Å². The van der Waals surface area contributed by atoms with Crippen molar-refractivity contribution in [2.45, 2.75) is 19.8 Å². The minimum absolute atomic E-state index is 0.00198. The minimum Gasteiger partial charge on any atom is -0.478 e. The van der Waals surface area contributed by atoms with Crippen LogP contribution in [0, 0.1) is 0 Å². The van der Waals surface area contributed by atoms with Gasteiger partial charge in [0.15, 0.2) is 0 Å². The molecule has 1 N–H and O–H groups in total. The number of carboxylic acids is 1. The third-order valence-electron chi connectivity index (χ3n) is 3.15. The van der Waals surface area contributed by atoms with Gasteiger partial charge in [0.2, 0.25) is 5.91 Å². The van der Waals surface area contributed by atoms with E-state index in [1.54, 1.807) is 17.0 Å². The van der Waals surface area contributed by atoms with E-state index in [0.29, 0.717) is 18.7 Å². The molecule has 0 unspecified atom stereocenters. The highest BCUT2D eigenvalue weighted by Crippen LogP contribution is 2.30. The third-order valence-corrected chi connectivity index (χ3v) is 3.15. The van der Waals surface area contributed by atoms with E-state index in [9.17, 15) is 9.59 Å². The first-order chi connectivity index (χ1) is 8.52. The van der Waals surface area contributed by atoms with Crippen molar-refractivity contribution < 1.29 is 14.7 Å². The van der Waals surface area contributed by atoms with Gasteiger partial charge in [-0.15, -0.1) is 0 Å². The highest BCUT2D eigenvalue weighted by atomic mass is 16.4. The zero-order chi connectivity index (χ0) is 13.3. The largest absolute Gasteiger partial charge is 0.478 e. The number of amides is 1. The lowest BCUT2D eigenvalue weighted by Crippen LogP contribution is -2.28. The molecule has 0 aromatic heterocycles. The maximum atomic E-state index is 11.9. The molecule has 0 spiro atoms. The standard InChI is InChI=1S/C14H15NO3/c1-3-9(2)8-15-12-6-11(14(17)18)5-4-10(12)7-13(15)16/h4-6H,2-3,7-8H2,1H3,(H,17,18). The smallest absolute Gasteiger partial charge is 0.335 e. The lowest BCUT2D eigenvalue weighted by molar-refractivity contribution is -0.117. The van der Waals surface area contributed by atoms with Crippen molar-refractivity contribution in [2.24, 2.45) is 0 Å². The monoisotopic (exact) mass is 245 g/mol. The zero-order valence-electron chi connectivity index (χ0n) is 10.3. The number of rotatable bonds is 4. The molecule has 4 heteroatoms. The Morgan fingerprint density at radius 3 is 2.83 bits per heavy atom. The molecule has 1 aliphatic rings. The first-order valence-electron chi connectivity index (χ1n) is 5.86. The van der Waals surface area contributed by atoms with Crippen LogP contribution in [-0.2, 0) is 11.2 Å². The molecule has 1 aliphatic heterocycles. The summed E-state index contributed by atoms with van der Waals surface area (Å²) in [6.07, 6.45) is 1.14. The average molecular weight is 245 g/mol. The Hall–Kier alpha value is -2.10. The normalized spacial score (nSPS) is 13.6. The van der Waals surface area contributed by atoms with Crippen LogP contribution in [0.2, 0.25) is 0 Å². The van der Waals surface area contributed by atoms with Crippen LogP contribution in [0.3, 0.4) is 0 Å². The second kappa shape index (κ2) is 4.64. The Kier molecular flexibility index (Phi) is 3.19. The summed E-state index contributed by atoms with van der Waals surface area (Å²) in [5.41, 5.74) is 2.75. The summed E-state index contributed by atoms with van der Waals surface area (Å²) < 4.78 is 0. The van der Waals surface area contributed by atoms with Gasteiger partial charge in [0.1, 0.15) is 0 Å². The van der Waals surface area contributed by atoms with Gasteiger partial charge in [0, 0.05) is 12.2 Å².